The minimum absolute atomic E-state index is 0.170. The van der Waals surface area contributed by atoms with Crippen LogP contribution < -0.4 is 5.32 Å². The van der Waals surface area contributed by atoms with Crippen LogP contribution in [0.15, 0.2) is 12.4 Å². The Kier molecular flexibility index (Phi) is 3.21. The summed E-state index contributed by atoms with van der Waals surface area (Å²) in [4.78, 5) is 9.73. The van der Waals surface area contributed by atoms with Crippen molar-refractivity contribution in [2.24, 2.45) is 0 Å². The Bertz CT molecular complexity index is 223. The van der Waals surface area contributed by atoms with Crippen LogP contribution in [0.3, 0.4) is 0 Å². The predicted octanol–water partition coefficient (Wildman–Crippen LogP) is -1.70. The van der Waals surface area contributed by atoms with E-state index in [-0.39, 0.29) is 6.54 Å². The number of aliphatic hydroxyl groups excluding tert-OH is 1. The summed E-state index contributed by atoms with van der Waals surface area (Å²) in [5.41, 5.74) is 0. The van der Waals surface area contributed by atoms with Crippen LogP contribution in [0.25, 0.3) is 0 Å². The number of nitrogens with one attached hydrogen (secondary N) is 1. The maximum atomic E-state index is 9.73. The Labute approximate surface area is 69.2 Å². The Morgan fingerprint density at radius 1 is 1.75 bits per heavy atom. The highest BCUT2D eigenvalue weighted by atomic mass is 16.3. The van der Waals surface area contributed by atoms with Gasteiger partial charge in [0, 0.05) is 12.7 Å². The SMILES string of the molecule is O=[C]NCC(O)Cn1ccnn1. The summed E-state index contributed by atoms with van der Waals surface area (Å²) in [5, 5.41) is 18.7. The van der Waals surface area contributed by atoms with Crippen LogP contribution in [0.5, 0.6) is 0 Å². The van der Waals surface area contributed by atoms with E-state index in [1.165, 1.54) is 17.3 Å². The fourth-order valence-electron chi connectivity index (χ4n) is 0.770. The quantitative estimate of drug-likeness (QED) is 0.515. The smallest absolute Gasteiger partial charge is 0.309 e. The minimum Gasteiger partial charge on any atom is -0.389 e. The molecule has 65 valence electrons. The molecule has 1 heterocycles. The van der Waals surface area contributed by atoms with Crippen LogP contribution in [0.4, 0.5) is 0 Å². The van der Waals surface area contributed by atoms with Gasteiger partial charge in [-0.3, -0.25) is 4.79 Å². The van der Waals surface area contributed by atoms with Crippen molar-refractivity contribution in [1.29, 1.82) is 0 Å². The summed E-state index contributed by atoms with van der Waals surface area (Å²) >= 11 is 0. The molecule has 1 aromatic heterocycles. The maximum absolute atomic E-state index is 9.73. The van der Waals surface area contributed by atoms with E-state index in [2.05, 4.69) is 15.6 Å². The summed E-state index contributed by atoms with van der Waals surface area (Å²) in [5.74, 6) is 0. The summed E-state index contributed by atoms with van der Waals surface area (Å²) in [6.45, 7) is 0.484. The van der Waals surface area contributed by atoms with Crippen LogP contribution in [0.2, 0.25) is 0 Å². The highest BCUT2D eigenvalue weighted by Gasteiger charge is 2.03. The first-order valence-electron chi connectivity index (χ1n) is 3.45. The fraction of sp³-hybridized carbons (Fsp3) is 0.500. The second kappa shape index (κ2) is 4.45. The molecule has 0 aliphatic heterocycles. The average molecular weight is 169 g/mol. The number of rotatable bonds is 5. The monoisotopic (exact) mass is 169 g/mol. The molecule has 0 saturated carbocycles. The highest BCUT2D eigenvalue weighted by molar-refractivity contribution is 5.46. The lowest BCUT2D eigenvalue weighted by Gasteiger charge is -2.07. The van der Waals surface area contributed by atoms with Crippen LogP contribution in [0, 0.1) is 0 Å². The van der Waals surface area contributed by atoms with Crippen molar-refractivity contribution < 1.29 is 9.90 Å². The van der Waals surface area contributed by atoms with Gasteiger partial charge in [0.15, 0.2) is 0 Å². The molecular formula is C6H9N4O2. The lowest BCUT2D eigenvalue weighted by atomic mass is 10.3. The molecule has 1 radical (unpaired) electrons. The first kappa shape index (κ1) is 8.66. The summed E-state index contributed by atoms with van der Waals surface area (Å²) < 4.78 is 1.48. The molecule has 6 nitrogen and oxygen atoms in total. The molecule has 1 atom stereocenters. The minimum atomic E-state index is -0.659. The number of hydrogen-bond donors (Lipinski definition) is 2. The maximum Gasteiger partial charge on any atom is 0.309 e. The molecule has 0 saturated heterocycles. The van der Waals surface area contributed by atoms with E-state index >= 15 is 0 Å². The summed E-state index contributed by atoms with van der Waals surface area (Å²) in [6, 6.07) is 0. The van der Waals surface area contributed by atoms with Gasteiger partial charge in [0.2, 0.25) is 0 Å². The molecule has 0 aromatic carbocycles. The van der Waals surface area contributed by atoms with Gasteiger partial charge in [0.25, 0.3) is 0 Å². The normalized spacial score (nSPS) is 12.4. The number of nitrogens with zero attached hydrogens (tertiary/aromatic N) is 3. The molecule has 1 rings (SSSR count). The Morgan fingerprint density at radius 2 is 2.58 bits per heavy atom. The molecule has 1 unspecified atom stereocenters. The number of aromatic nitrogens is 3. The average Bonchev–Trinajstić information content (AvgIpc) is 2.53. The lowest BCUT2D eigenvalue weighted by molar-refractivity contribution is 0.151. The van der Waals surface area contributed by atoms with Gasteiger partial charge >= 0.3 is 6.41 Å². The molecular weight excluding hydrogens is 160 g/mol. The highest BCUT2D eigenvalue weighted by Crippen LogP contribution is 1.87. The fourth-order valence-corrected chi connectivity index (χ4v) is 0.770. The van der Waals surface area contributed by atoms with E-state index < -0.39 is 6.10 Å². The zero-order chi connectivity index (χ0) is 8.81. The van der Waals surface area contributed by atoms with Crippen LogP contribution in [-0.4, -0.2) is 39.2 Å². The van der Waals surface area contributed by atoms with Crippen molar-refractivity contribution in [2.45, 2.75) is 12.6 Å². The molecule has 1 amide bonds. The molecule has 0 aliphatic carbocycles. The standard InChI is InChI=1S/C6H9N4O2/c11-5-7-3-6(12)4-10-2-1-8-9-10/h1-2,6,12H,3-4H2,(H,7,11). The van der Waals surface area contributed by atoms with Crippen LogP contribution in [0.1, 0.15) is 0 Å². The molecule has 12 heavy (non-hydrogen) atoms. The van der Waals surface area contributed by atoms with E-state index in [0.717, 1.165) is 0 Å². The van der Waals surface area contributed by atoms with Gasteiger partial charge in [0.1, 0.15) is 0 Å². The number of hydrogen-bond acceptors (Lipinski definition) is 4. The molecule has 2 N–H and O–H groups in total. The third kappa shape index (κ3) is 2.67. The lowest BCUT2D eigenvalue weighted by Crippen LogP contribution is -2.29. The van der Waals surface area contributed by atoms with Crippen molar-refractivity contribution in [3.63, 3.8) is 0 Å². The zero-order valence-corrected chi connectivity index (χ0v) is 6.34. The first-order valence-corrected chi connectivity index (χ1v) is 3.45. The number of carbonyl (C=O) groups excluding carboxylic acids is 1. The van der Waals surface area contributed by atoms with Crippen molar-refractivity contribution in [3.05, 3.63) is 12.4 Å². The Morgan fingerprint density at radius 3 is 3.17 bits per heavy atom. The van der Waals surface area contributed by atoms with Crippen LogP contribution in [-0.2, 0) is 11.3 Å². The van der Waals surface area contributed by atoms with E-state index in [4.69, 9.17) is 0 Å². The Balaban J connectivity index is 2.26. The largest absolute Gasteiger partial charge is 0.389 e. The van der Waals surface area contributed by atoms with Gasteiger partial charge in [-0.1, -0.05) is 5.21 Å². The van der Waals surface area contributed by atoms with Crippen molar-refractivity contribution >= 4 is 6.41 Å². The predicted molar refractivity (Wildman–Crippen MR) is 39.7 cm³/mol. The first-order chi connectivity index (χ1) is 5.83. The Hall–Kier alpha value is -1.43. The second-order valence-corrected chi connectivity index (χ2v) is 2.26. The topological polar surface area (TPSA) is 80.0 Å². The van der Waals surface area contributed by atoms with Gasteiger partial charge < -0.3 is 10.4 Å². The van der Waals surface area contributed by atoms with Gasteiger partial charge in [-0.2, -0.15) is 0 Å². The van der Waals surface area contributed by atoms with E-state index in [0.29, 0.717) is 6.54 Å². The molecule has 0 aliphatic rings. The second-order valence-electron chi connectivity index (χ2n) is 2.26. The molecule has 0 spiro atoms. The third-order valence-corrected chi connectivity index (χ3v) is 1.28. The van der Waals surface area contributed by atoms with E-state index in [1.54, 1.807) is 6.20 Å². The molecule has 1 aromatic rings. The zero-order valence-electron chi connectivity index (χ0n) is 6.34. The number of aliphatic hydroxyl groups is 1. The summed E-state index contributed by atoms with van der Waals surface area (Å²) in [7, 11) is 0. The van der Waals surface area contributed by atoms with Crippen molar-refractivity contribution in [1.82, 2.24) is 20.3 Å². The van der Waals surface area contributed by atoms with E-state index in [9.17, 15) is 9.90 Å². The number of amides is 1. The summed E-state index contributed by atoms with van der Waals surface area (Å²) in [6.07, 6.45) is 3.97. The molecule has 0 fully saturated rings. The van der Waals surface area contributed by atoms with Crippen molar-refractivity contribution in [3.8, 4) is 0 Å². The van der Waals surface area contributed by atoms with E-state index in [1.807, 2.05) is 0 Å². The van der Waals surface area contributed by atoms with Gasteiger partial charge in [-0.05, 0) is 0 Å². The third-order valence-electron chi connectivity index (χ3n) is 1.28. The molecule has 6 heteroatoms. The molecule has 0 bridgehead atoms. The van der Waals surface area contributed by atoms with Gasteiger partial charge in [-0.15, -0.1) is 5.10 Å². The van der Waals surface area contributed by atoms with Crippen molar-refractivity contribution in [2.75, 3.05) is 6.54 Å². The van der Waals surface area contributed by atoms with Gasteiger partial charge in [0.05, 0.1) is 18.8 Å². The van der Waals surface area contributed by atoms with Crippen LogP contribution >= 0.6 is 0 Å². The van der Waals surface area contributed by atoms with Gasteiger partial charge in [-0.25, -0.2) is 4.68 Å².